The molecule has 0 saturated heterocycles. The first-order chi connectivity index (χ1) is 32.0. The highest BCUT2D eigenvalue weighted by Crippen LogP contribution is 2.39. The van der Waals surface area contributed by atoms with E-state index < -0.39 is 51.9 Å². The second-order valence-electron chi connectivity index (χ2n) is 14.0. The molecule has 2 aromatic heterocycles. The summed E-state index contributed by atoms with van der Waals surface area (Å²) in [6, 6.07) is 27.5. The third-order valence-corrected chi connectivity index (χ3v) is 9.73. The monoisotopic (exact) mass is 930 g/mol. The Morgan fingerprint density at radius 1 is 0.552 bits per heavy atom. The van der Waals surface area contributed by atoms with E-state index in [-0.39, 0.29) is 51.3 Å². The van der Waals surface area contributed by atoms with Gasteiger partial charge in [0.05, 0.1) is 62.0 Å². The molecule has 0 aliphatic heterocycles. The zero-order valence-corrected chi connectivity index (χ0v) is 34.4. The molecule has 14 nitrogen and oxygen atoms in total. The SMILES string of the molecule is N#Cc1cnc2ccc(Oc3cccc(NC(=O)N(c4ccc(Cl)c(C(F)(F)F)c4)N(C(=O)Nc4cccc(C(F)(F)F)c4)c4cccc(Oc5ccc6ncc(C#N)nc6c5)c4)c3)cc2n1. The number of rotatable bonds is 8. The zero-order chi connectivity index (χ0) is 47.5. The lowest BCUT2D eigenvalue weighted by molar-refractivity contribution is -0.138. The maximum absolute atomic E-state index is 14.7. The van der Waals surface area contributed by atoms with Crippen molar-refractivity contribution in [1.82, 2.24) is 19.9 Å². The van der Waals surface area contributed by atoms with Crippen LogP contribution in [0.15, 0.2) is 140 Å². The predicted molar refractivity (Wildman–Crippen MR) is 232 cm³/mol. The van der Waals surface area contributed by atoms with Crippen molar-refractivity contribution in [1.29, 1.82) is 10.5 Å². The molecule has 0 bridgehead atoms. The van der Waals surface area contributed by atoms with Crippen molar-refractivity contribution in [3.8, 4) is 35.1 Å². The van der Waals surface area contributed by atoms with Gasteiger partial charge in [0.1, 0.15) is 35.1 Å². The smallest absolute Gasteiger partial charge is 0.417 e. The average Bonchev–Trinajstić information content (AvgIpc) is 3.30. The highest BCUT2D eigenvalue weighted by molar-refractivity contribution is 6.31. The van der Waals surface area contributed by atoms with E-state index in [4.69, 9.17) is 21.1 Å². The maximum atomic E-state index is 14.7. The summed E-state index contributed by atoms with van der Waals surface area (Å²) in [6.45, 7) is 0. The molecule has 0 unspecified atom stereocenters. The van der Waals surface area contributed by atoms with E-state index in [1.165, 1.54) is 79.1 Å². The maximum Gasteiger partial charge on any atom is 0.417 e. The summed E-state index contributed by atoms with van der Waals surface area (Å²) in [5.74, 6) is 0.568. The van der Waals surface area contributed by atoms with Gasteiger partial charge in [0.15, 0.2) is 11.4 Å². The number of fused-ring (bicyclic) bond motifs is 2. The van der Waals surface area contributed by atoms with Crippen molar-refractivity contribution in [3.05, 3.63) is 167 Å². The van der Waals surface area contributed by atoms with E-state index in [1.807, 2.05) is 12.1 Å². The summed E-state index contributed by atoms with van der Waals surface area (Å²) in [5, 5.41) is 23.8. The van der Waals surface area contributed by atoms with Gasteiger partial charge >= 0.3 is 24.4 Å². The Labute approximate surface area is 378 Å². The molecule has 4 amide bonds. The molecule has 0 atom stereocenters. The molecule has 21 heteroatoms. The quantitative estimate of drug-likeness (QED) is 0.110. The lowest BCUT2D eigenvalue weighted by atomic mass is 10.2. The molecule has 2 N–H and O–H groups in total. The molecule has 8 aromatic rings. The van der Waals surface area contributed by atoms with Gasteiger partial charge in [-0.2, -0.15) is 46.9 Å². The van der Waals surface area contributed by atoms with Crippen LogP contribution in [0.1, 0.15) is 22.5 Å². The summed E-state index contributed by atoms with van der Waals surface area (Å²) in [7, 11) is 0. The summed E-state index contributed by atoms with van der Waals surface area (Å²) in [6.07, 6.45) is -7.31. The van der Waals surface area contributed by atoms with Gasteiger partial charge in [-0.1, -0.05) is 29.8 Å². The number of amides is 4. The van der Waals surface area contributed by atoms with Crippen molar-refractivity contribution in [3.63, 3.8) is 0 Å². The van der Waals surface area contributed by atoms with Crippen LogP contribution in [0.4, 0.5) is 58.7 Å². The summed E-state index contributed by atoms with van der Waals surface area (Å²) in [4.78, 5) is 46.1. The number of halogens is 7. The summed E-state index contributed by atoms with van der Waals surface area (Å²) >= 11 is 6.00. The minimum Gasteiger partial charge on any atom is -0.457 e. The van der Waals surface area contributed by atoms with Crippen LogP contribution in [-0.2, 0) is 12.4 Å². The number of urea groups is 2. The number of ether oxygens (including phenoxy) is 2. The zero-order valence-electron chi connectivity index (χ0n) is 33.6. The van der Waals surface area contributed by atoms with Gasteiger partial charge in [0, 0.05) is 35.6 Å². The first-order valence-corrected chi connectivity index (χ1v) is 19.6. The minimum absolute atomic E-state index is 0.000801. The number of anilines is 4. The van der Waals surface area contributed by atoms with E-state index in [2.05, 4.69) is 30.6 Å². The van der Waals surface area contributed by atoms with Crippen molar-refractivity contribution in [2.75, 3.05) is 20.7 Å². The van der Waals surface area contributed by atoms with Gasteiger partial charge in [-0.15, -0.1) is 0 Å². The predicted octanol–water partition coefficient (Wildman–Crippen LogP) is 12.3. The highest BCUT2D eigenvalue weighted by atomic mass is 35.5. The number of nitriles is 2. The third kappa shape index (κ3) is 10.2. The number of aromatic nitrogens is 4. The topological polar surface area (TPSA) is 182 Å². The molecule has 332 valence electrons. The van der Waals surface area contributed by atoms with Gasteiger partial charge in [-0.05, 0) is 84.9 Å². The lowest BCUT2D eigenvalue weighted by Crippen LogP contribution is -2.54. The minimum atomic E-state index is -5.07. The lowest BCUT2D eigenvalue weighted by Gasteiger charge is -2.35. The number of nitrogens with one attached hydrogen (secondary N) is 2. The fraction of sp³-hybridized carbons (Fsp3) is 0.0435. The number of benzene rings is 6. The van der Waals surface area contributed by atoms with E-state index >= 15 is 0 Å². The second-order valence-corrected chi connectivity index (χ2v) is 14.4. The fourth-order valence-electron chi connectivity index (χ4n) is 6.44. The molecule has 6 aromatic carbocycles. The molecule has 0 fully saturated rings. The van der Waals surface area contributed by atoms with Crippen LogP contribution in [0.2, 0.25) is 5.02 Å². The molecular weight excluding hydrogens is 906 g/mol. The van der Waals surface area contributed by atoms with E-state index in [9.17, 15) is 46.5 Å². The Kier molecular flexibility index (Phi) is 12.1. The second kappa shape index (κ2) is 18.2. The van der Waals surface area contributed by atoms with E-state index in [1.54, 1.807) is 18.2 Å². The number of carbonyl (C=O) groups is 2. The van der Waals surface area contributed by atoms with Gasteiger partial charge < -0.3 is 20.1 Å². The molecule has 0 spiro atoms. The van der Waals surface area contributed by atoms with Gasteiger partial charge in [-0.3, -0.25) is 9.97 Å². The summed E-state index contributed by atoms with van der Waals surface area (Å²) < 4.78 is 96.7. The molecule has 2 heterocycles. The van der Waals surface area contributed by atoms with Crippen molar-refractivity contribution < 1.29 is 45.4 Å². The third-order valence-electron chi connectivity index (χ3n) is 9.40. The molecular formula is C46H25ClF6N10O4. The molecule has 0 aliphatic carbocycles. The van der Waals surface area contributed by atoms with Crippen LogP contribution in [0.25, 0.3) is 22.1 Å². The van der Waals surface area contributed by atoms with Crippen LogP contribution in [0, 0.1) is 22.7 Å². The van der Waals surface area contributed by atoms with Crippen molar-refractivity contribution in [2.45, 2.75) is 12.4 Å². The van der Waals surface area contributed by atoms with E-state index in [0.717, 1.165) is 30.3 Å². The van der Waals surface area contributed by atoms with E-state index in [0.29, 0.717) is 38.7 Å². The number of hydrogen-bond donors (Lipinski definition) is 2. The van der Waals surface area contributed by atoms with Gasteiger partial charge in [0.2, 0.25) is 0 Å². The Morgan fingerprint density at radius 3 is 1.58 bits per heavy atom. The molecule has 0 saturated carbocycles. The van der Waals surface area contributed by atoms with Crippen molar-refractivity contribution in [2.24, 2.45) is 0 Å². The molecule has 67 heavy (non-hydrogen) atoms. The number of hydrogen-bond acceptors (Lipinski definition) is 10. The highest BCUT2D eigenvalue weighted by Gasteiger charge is 2.37. The first-order valence-electron chi connectivity index (χ1n) is 19.2. The Morgan fingerprint density at radius 2 is 1.04 bits per heavy atom. The Balaban J connectivity index is 1.21. The average molecular weight is 931 g/mol. The normalized spacial score (nSPS) is 11.3. The number of carbonyl (C=O) groups excluding carboxylic acids is 2. The van der Waals surface area contributed by atoms with Gasteiger partial charge in [-0.25, -0.2) is 19.6 Å². The number of nitrogens with zero attached hydrogens (tertiary/aromatic N) is 8. The Hall–Kier alpha value is -9.01. The molecule has 8 rings (SSSR count). The molecule has 0 aliphatic rings. The van der Waals surface area contributed by atoms with Crippen molar-refractivity contribution >= 4 is 68.5 Å². The fourth-order valence-corrected chi connectivity index (χ4v) is 6.67. The molecule has 0 radical (unpaired) electrons. The van der Waals surface area contributed by atoms with Crippen LogP contribution >= 0.6 is 11.6 Å². The van der Waals surface area contributed by atoms with Crippen LogP contribution in [0.5, 0.6) is 23.0 Å². The standard InChI is InChI=1S/C46H25ClF6N10O4/c47-38-13-10-32(19-37(38)46(51,52)53)63(44(65)61-28-6-2-8-33(17-28)66-35-11-14-39-41(20-35)58-29(22-54)24-56-39)62(43(64)60-27-5-1-4-26(16-27)45(48,49)50)31-7-3-9-34(18-31)67-36-12-15-40-42(21-36)59-30(23-55)25-57-40/h1-21,24-25H,(H,60,64)(H,61,65). The number of hydrazine groups is 1. The van der Waals surface area contributed by atoms with Crippen LogP contribution in [0.3, 0.4) is 0 Å². The van der Waals surface area contributed by atoms with Crippen LogP contribution < -0.4 is 30.1 Å². The largest absolute Gasteiger partial charge is 0.457 e. The number of alkyl halides is 6. The first kappa shape index (κ1) is 44.6. The van der Waals surface area contributed by atoms with Crippen LogP contribution in [-0.4, -0.2) is 32.0 Å². The summed E-state index contributed by atoms with van der Waals surface area (Å²) in [5.41, 5.74) is -2.13. The Bertz CT molecular complexity index is 3320. The van der Waals surface area contributed by atoms with Gasteiger partial charge in [0.25, 0.3) is 0 Å².